The Labute approximate surface area is 149 Å². The fourth-order valence-corrected chi connectivity index (χ4v) is 3.56. The number of para-hydroxylation sites is 1. The van der Waals surface area contributed by atoms with Gasteiger partial charge in [0.15, 0.2) is 0 Å². The smallest absolute Gasteiger partial charge is 0.313 e. The molecule has 0 N–H and O–H groups in total. The Hall–Kier alpha value is -1.98. The van der Waals surface area contributed by atoms with E-state index in [9.17, 15) is 9.59 Å². The molecule has 4 nitrogen and oxygen atoms in total. The summed E-state index contributed by atoms with van der Waals surface area (Å²) in [7, 11) is 0. The zero-order chi connectivity index (χ0) is 17.1. The number of anilines is 1. The van der Waals surface area contributed by atoms with Crippen LogP contribution >= 0.6 is 23.4 Å². The molecule has 6 heteroatoms. The standard InChI is InChI=1S/C18H16ClNO3S/c1-12-6-7-13(19)15(10-12)23-18(22)8-9-20-14-4-2-3-5-16(14)24-11-17(20)21/h2-7,10H,8-9,11H2,1H3. The average Bonchev–Trinajstić information content (AvgIpc) is 2.57. The van der Waals surface area contributed by atoms with Crippen LogP contribution in [0.4, 0.5) is 5.69 Å². The first kappa shape index (κ1) is 16.9. The lowest BCUT2D eigenvalue weighted by atomic mass is 10.2. The zero-order valence-corrected chi connectivity index (χ0v) is 14.7. The van der Waals surface area contributed by atoms with E-state index >= 15 is 0 Å². The lowest BCUT2D eigenvalue weighted by molar-refractivity contribution is -0.134. The van der Waals surface area contributed by atoms with E-state index in [4.69, 9.17) is 16.3 Å². The highest BCUT2D eigenvalue weighted by atomic mass is 35.5. The van der Waals surface area contributed by atoms with Crippen LogP contribution in [0.1, 0.15) is 12.0 Å². The molecule has 1 heterocycles. The van der Waals surface area contributed by atoms with E-state index in [2.05, 4.69) is 0 Å². The molecule has 24 heavy (non-hydrogen) atoms. The van der Waals surface area contributed by atoms with Crippen LogP contribution in [0.5, 0.6) is 5.75 Å². The molecule has 1 aliphatic heterocycles. The second-order valence-corrected chi connectivity index (χ2v) is 6.88. The van der Waals surface area contributed by atoms with Gasteiger partial charge in [0, 0.05) is 11.4 Å². The molecule has 2 aromatic rings. The van der Waals surface area contributed by atoms with Crippen molar-refractivity contribution in [2.24, 2.45) is 0 Å². The second-order valence-electron chi connectivity index (χ2n) is 5.46. The average molecular weight is 362 g/mol. The van der Waals surface area contributed by atoms with Crippen molar-refractivity contribution in [1.29, 1.82) is 0 Å². The normalized spacial score (nSPS) is 13.6. The summed E-state index contributed by atoms with van der Waals surface area (Å²) in [6, 6.07) is 13.0. The van der Waals surface area contributed by atoms with Gasteiger partial charge in [-0.1, -0.05) is 29.8 Å². The third-order valence-corrected chi connectivity index (χ3v) is 5.02. The van der Waals surface area contributed by atoms with Crippen molar-refractivity contribution in [2.45, 2.75) is 18.2 Å². The zero-order valence-electron chi connectivity index (χ0n) is 13.1. The van der Waals surface area contributed by atoms with Crippen molar-refractivity contribution >= 4 is 40.9 Å². The van der Waals surface area contributed by atoms with E-state index in [-0.39, 0.29) is 12.3 Å². The molecule has 1 aliphatic rings. The van der Waals surface area contributed by atoms with Gasteiger partial charge < -0.3 is 9.64 Å². The first-order valence-electron chi connectivity index (χ1n) is 7.53. The van der Waals surface area contributed by atoms with Gasteiger partial charge >= 0.3 is 5.97 Å². The van der Waals surface area contributed by atoms with Crippen molar-refractivity contribution in [3.05, 3.63) is 53.1 Å². The van der Waals surface area contributed by atoms with Gasteiger partial charge in [0.25, 0.3) is 0 Å². The highest BCUT2D eigenvalue weighted by Crippen LogP contribution is 2.35. The highest BCUT2D eigenvalue weighted by molar-refractivity contribution is 8.00. The number of aryl methyl sites for hydroxylation is 1. The van der Waals surface area contributed by atoms with Crippen LogP contribution in [-0.2, 0) is 9.59 Å². The number of ether oxygens (including phenoxy) is 1. The summed E-state index contributed by atoms with van der Waals surface area (Å²) < 4.78 is 5.33. The summed E-state index contributed by atoms with van der Waals surface area (Å²) in [6.07, 6.45) is 0.106. The first-order valence-corrected chi connectivity index (χ1v) is 8.90. The van der Waals surface area contributed by atoms with E-state index in [1.54, 1.807) is 17.0 Å². The number of rotatable bonds is 4. The fraction of sp³-hybridized carbons (Fsp3) is 0.222. The van der Waals surface area contributed by atoms with Gasteiger partial charge in [-0.3, -0.25) is 9.59 Å². The Morgan fingerprint density at radius 2 is 2.08 bits per heavy atom. The quantitative estimate of drug-likeness (QED) is 0.608. The van der Waals surface area contributed by atoms with Crippen molar-refractivity contribution < 1.29 is 14.3 Å². The molecule has 2 aromatic carbocycles. The predicted octanol–water partition coefficient (Wildman–Crippen LogP) is 4.08. The van der Waals surface area contributed by atoms with Crippen LogP contribution in [0.15, 0.2) is 47.4 Å². The minimum Gasteiger partial charge on any atom is -0.425 e. The largest absolute Gasteiger partial charge is 0.425 e. The number of carbonyl (C=O) groups is 2. The minimum absolute atomic E-state index is 0.0000814. The van der Waals surface area contributed by atoms with E-state index in [1.807, 2.05) is 37.3 Å². The monoisotopic (exact) mass is 361 g/mol. The molecule has 0 aromatic heterocycles. The number of halogens is 1. The first-order chi connectivity index (χ1) is 11.5. The topological polar surface area (TPSA) is 46.6 Å². The lowest BCUT2D eigenvalue weighted by Gasteiger charge is -2.28. The molecule has 0 bridgehead atoms. The maximum atomic E-state index is 12.2. The Kier molecular flexibility index (Phi) is 5.11. The minimum atomic E-state index is -0.411. The predicted molar refractivity (Wildman–Crippen MR) is 96.0 cm³/mol. The van der Waals surface area contributed by atoms with Crippen LogP contribution in [-0.4, -0.2) is 24.2 Å². The Balaban J connectivity index is 1.66. The van der Waals surface area contributed by atoms with Gasteiger partial charge in [0.2, 0.25) is 5.91 Å². The van der Waals surface area contributed by atoms with E-state index in [1.165, 1.54) is 11.8 Å². The second kappa shape index (κ2) is 7.28. The van der Waals surface area contributed by atoms with Gasteiger partial charge in [-0.25, -0.2) is 0 Å². The number of amides is 1. The highest BCUT2D eigenvalue weighted by Gasteiger charge is 2.25. The van der Waals surface area contributed by atoms with E-state index in [0.717, 1.165) is 16.1 Å². The number of fused-ring (bicyclic) bond motifs is 1. The van der Waals surface area contributed by atoms with Gasteiger partial charge in [-0.05, 0) is 36.8 Å². The number of hydrogen-bond donors (Lipinski definition) is 0. The molecule has 0 radical (unpaired) electrons. The number of carbonyl (C=O) groups excluding carboxylic acids is 2. The van der Waals surface area contributed by atoms with Gasteiger partial charge in [-0.2, -0.15) is 0 Å². The molecular weight excluding hydrogens is 346 g/mol. The molecular formula is C18H16ClNO3S. The molecule has 0 saturated carbocycles. The third-order valence-electron chi connectivity index (χ3n) is 3.66. The summed E-state index contributed by atoms with van der Waals surface area (Å²) in [5.41, 5.74) is 1.81. The molecule has 0 aliphatic carbocycles. The van der Waals surface area contributed by atoms with Crippen LogP contribution in [0, 0.1) is 6.92 Å². The van der Waals surface area contributed by atoms with Gasteiger partial charge in [-0.15, -0.1) is 11.8 Å². The van der Waals surface area contributed by atoms with Crippen LogP contribution in [0.2, 0.25) is 5.02 Å². The summed E-state index contributed by atoms with van der Waals surface area (Å²) in [5.74, 6) is 0.323. The van der Waals surface area contributed by atoms with Crippen molar-refractivity contribution in [2.75, 3.05) is 17.2 Å². The number of esters is 1. The Bertz CT molecular complexity index is 794. The molecule has 0 atom stereocenters. The van der Waals surface area contributed by atoms with E-state index in [0.29, 0.717) is 23.1 Å². The number of nitrogens with zero attached hydrogens (tertiary/aromatic N) is 1. The SMILES string of the molecule is Cc1ccc(Cl)c(OC(=O)CCN2C(=O)CSc3ccccc32)c1. The summed E-state index contributed by atoms with van der Waals surface area (Å²) >= 11 is 7.55. The number of hydrogen-bond acceptors (Lipinski definition) is 4. The molecule has 0 saturated heterocycles. The lowest BCUT2D eigenvalue weighted by Crippen LogP contribution is -2.37. The summed E-state index contributed by atoms with van der Waals surface area (Å²) in [5, 5.41) is 0.393. The number of benzene rings is 2. The van der Waals surface area contributed by atoms with Crippen LogP contribution in [0.3, 0.4) is 0 Å². The Morgan fingerprint density at radius 3 is 2.92 bits per heavy atom. The van der Waals surface area contributed by atoms with E-state index < -0.39 is 5.97 Å². The van der Waals surface area contributed by atoms with Crippen molar-refractivity contribution in [1.82, 2.24) is 0 Å². The van der Waals surface area contributed by atoms with Crippen molar-refractivity contribution in [3.8, 4) is 5.75 Å². The Morgan fingerprint density at radius 1 is 1.29 bits per heavy atom. The molecule has 1 amide bonds. The summed E-state index contributed by atoms with van der Waals surface area (Å²) in [4.78, 5) is 27.0. The van der Waals surface area contributed by atoms with Gasteiger partial charge in [0.05, 0.1) is 22.9 Å². The maximum absolute atomic E-state index is 12.2. The fourth-order valence-electron chi connectivity index (χ4n) is 2.46. The third kappa shape index (κ3) is 3.74. The maximum Gasteiger partial charge on any atom is 0.313 e. The van der Waals surface area contributed by atoms with Crippen molar-refractivity contribution in [3.63, 3.8) is 0 Å². The molecule has 0 spiro atoms. The molecule has 124 valence electrons. The molecule has 0 fully saturated rings. The number of thioether (sulfide) groups is 1. The van der Waals surface area contributed by atoms with Crippen LogP contribution < -0.4 is 9.64 Å². The van der Waals surface area contributed by atoms with Crippen LogP contribution in [0.25, 0.3) is 0 Å². The summed E-state index contributed by atoms with van der Waals surface area (Å²) in [6.45, 7) is 2.19. The van der Waals surface area contributed by atoms with Gasteiger partial charge in [0.1, 0.15) is 5.75 Å². The molecule has 3 rings (SSSR count). The molecule has 0 unspecified atom stereocenters.